The summed E-state index contributed by atoms with van der Waals surface area (Å²) >= 11 is 0. The summed E-state index contributed by atoms with van der Waals surface area (Å²) in [5.41, 5.74) is 1.96. The Kier molecular flexibility index (Phi) is 6.55. The minimum Gasteiger partial charge on any atom is -0.493 e. The fraction of sp³-hybridized carbons (Fsp3) is 0.318. The molecule has 0 amide bonds. The number of aromatic nitrogens is 2. The molecule has 1 aromatic heterocycles. The molecule has 148 valence electrons. The summed E-state index contributed by atoms with van der Waals surface area (Å²) in [7, 11) is 3.21. The van der Waals surface area contributed by atoms with Crippen LogP contribution in [-0.2, 0) is 17.8 Å². The molecule has 0 radical (unpaired) electrons. The molecule has 3 aromatic rings. The Labute approximate surface area is 164 Å². The highest BCUT2D eigenvalue weighted by Crippen LogP contribution is 2.31. The molecule has 3 rings (SSSR count). The van der Waals surface area contributed by atoms with Gasteiger partial charge in [-0.05, 0) is 30.2 Å². The van der Waals surface area contributed by atoms with Crippen LogP contribution in [0.2, 0.25) is 0 Å². The second-order valence-corrected chi connectivity index (χ2v) is 6.40. The monoisotopic (exact) mass is 382 g/mol. The van der Waals surface area contributed by atoms with E-state index in [9.17, 15) is 4.79 Å². The average Bonchev–Trinajstić information content (AvgIpc) is 3.07. The van der Waals surface area contributed by atoms with Crippen LogP contribution in [0.4, 0.5) is 0 Å². The van der Waals surface area contributed by atoms with Gasteiger partial charge in [0.25, 0.3) is 0 Å². The molecule has 0 aliphatic rings. The molecule has 0 aliphatic heterocycles. The zero-order valence-corrected chi connectivity index (χ0v) is 16.5. The molecule has 2 aromatic carbocycles. The van der Waals surface area contributed by atoms with Crippen molar-refractivity contribution < 1.29 is 14.2 Å². The Morgan fingerprint density at radius 2 is 1.64 bits per heavy atom. The smallest absolute Gasteiger partial charge is 0.328 e. The standard InChI is InChI=1S/C22H26N2O4/c1-4-28-21(18-10-11-19(26-2)20(14-18)27-3)16-24-13-12-23(22(24)25)15-17-8-6-5-7-9-17/h5-14,21H,4,15-16H2,1-3H3. The molecular weight excluding hydrogens is 356 g/mol. The van der Waals surface area contributed by atoms with E-state index >= 15 is 0 Å². The lowest BCUT2D eigenvalue weighted by molar-refractivity contribution is 0.0488. The summed E-state index contributed by atoms with van der Waals surface area (Å²) in [6, 6.07) is 15.6. The highest BCUT2D eigenvalue weighted by Gasteiger charge is 2.17. The average molecular weight is 382 g/mol. The summed E-state index contributed by atoms with van der Waals surface area (Å²) in [5.74, 6) is 1.30. The summed E-state index contributed by atoms with van der Waals surface area (Å²) in [5, 5.41) is 0. The van der Waals surface area contributed by atoms with Gasteiger partial charge in [-0.15, -0.1) is 0 Å². The van der Waals surface area contributed by atoms with E-state index in [-0.39, 0.29) is 11.8 Å². The zero-order valence-electron chi connectivity index (χ0n) is 16.5. The number of benzene rings is 2. The maximum atomic E-state index is 12.8. The van der Waals surface area contributed by atoms with E-state index in [0.717, 1.165) is 11.1 Å². The van der Waals surface area contributed by atoms with Crippen LogP contribution in [0, 0.1) is 0 Å². The summed E-state index contributed by atoms with van der Waals surface area (Å²) in [4.78, 5) is 12.8. The van der Waals surface area contributed by atoms with E-state index in [4.69, 9.17) is 14.2 Å². The predicted octanol–water partition coefficient (Wildman–Crippen LogP) is 3.49. The summed E-state index contributed by atoms with van der Waals surface area (Å²) in [6.45, 7) is 3.45. The van der Waals surface area contributed by atoms with Gasteiger partial charge in [-0.1, -0.05) is 36.4 Å². The van der Waals surface area contributed by atoms with Crippen molar-refractivity contribution in [2.24, 2.45) is 0 Å². The molecule has 1 heterocycles. The van der Waals surface area contributed by atoms with Crippen molar-refractivity contribution in [2.45, 2.75) is 26.1 Å². The van der Waals surface area contributed by atoms with Crippen molar-refractivity contribution in [1.29, 1.82) is 0 Å². The van der Waals surface area contributed by atoms with Gasteiger partial charge in [0.1, 0.15) is 6.10 Å². The molecule has 0 bridgehead atoms. The van der Waals surface area contributed by atoms with Crippen LogP contribution >= 0.6 is 0 Å². The third-order valence-corrected chi connectivity index (χ3v) is 4.62. The van der Waals surface area contributed by atoms with Gasteiger partial charge in [-0.3, -0.25) is 9.13 Å². The van der Waals surface area contributed by atoms with Gasteiger partial charge < -0.3 is 14.2 Å². The summed E-state index contributed by atoms with van der Waals surface area (Å²) < 4.78 is 20.0. The van der Waals surface area contributed by atoms with E-state index in [1.54, 1.807) is 29.6 Å². The first-order valence-electron chi connectivity index (χ1n) is 9.29. The Bertz CT molecular complexity index is 947. The largest absolute Gasteiger partial charge is 0.493 e. The van der Waals surface area contributed by atoms with Crippen molar-refractivity contribution in [3.05, 3.63) is 82.5 Å². The van der Waals surface area contributed by atoms with Crippen LogP contribution in [0.5, 0.6) is 11.5 Å². The van der Waals surface area contributed by atoms with E-state index < -0.39 is 0 Å². The third-order valence-electron chi connectivity index (χ3n) is 4.62. The van der Waals surface area contributed by atoms with Gasteiger partial charge in [-0.25, -0.2) is 4.79 Å². The minimum absolute atomic E-state index is 0.0611. The van der Waals surface area contributed by atoms with E-state index in [1.165, 1.54) is 0 Å². The molecule has 1 unspecified atom stereocenters. The van der Waals surface area contributed by atoms with Gasteiger partial charge in [0.2, 0.25) is 0 Å². The fourth-order valence-corrected chi connectivity index (χ4v) is 3.18. The van der Waals surface area contributed by atoms with E-state index in [0.29, 0.717) is 31.2 Å². The normalized spacial score (nSPS) is 12.0. The Hall–Kier alpha value is -2.99. The van der Waals surface area contributed by atoms with Gasteiger partial charge >= 0.3 is 5.69 Å². The number of hydrogen-bond acceptors (Lipinski definition) is 4. The van der Waals surface area contributed by atoms with Crippen LogP contribution in [0.15, 0.2) is 65.7 Å². The molecule has 0 saturated carbocycles. The first kappa shape index (κ1) is 19.8. The Morgan fingerprint density at radius 3 is 2.32 bits per heavy atom. The minimum atomic E-state index is -0.268. The number of nitrogens with zero attached hydrogens (tertiary/aromatic N) is 2. The van der Waals surface area contributed by atoms with Crippen LogP contribution < -0.4 is 15.2 Å². The van der Waals surface area contributed by atoms with Gasteiger partial charge in [-0.2, -0.15) is 0 Å². The van der Waals surface area contributed by atoms with Crippen molar-refractivity contribution >= 4 is 0 Å². The second kappa shape index (κ2) is 9.28. The molecule has 0 saturated heterocycles. The van der Waals surface area contributed by atoms with Crippen molar-refractivity contribution in [3.63, 3.8) is 0 Å². The highest BCUT2D eigenvalue weighted by atomic mass is 16.5. The maximum Gasteiger partial charge on any atom is 0.328 e. The SMILES string of the molecule is CCOC(Cn1ccn(Cc2ccccc2)c1=O)c1ccc(OC)c(OC)c1. The number of hydrogen-bond donors (Lipinski definition) is 0. The molecule has 1 atom stereocenters. The molecule has 0 N–H and O–H groups in total. The van der Waals surface area contributed by atoms with Gasteiger partial charge in [0.05, 0.1) is 27.3 Å². The molecule has 0 spiro atoms. The van der Waals surface area contributed by atoms with Gasteiger partial charge in [0, 0.05) is 19.0 Å². The molecule has 0 aliphatic carbocycles. The topological polar surface area (TPSA) is 54.6 Å². The fourth-order valence-electron chi connectivity index (χ4n) is 3.18. The van der Waals surface area contributed by atoms with E-state index in [2.05, 4.69) is 0 Å². The number of ether oxygens (including phenoxy) is 3. The maximum absolute atomic E-state index is 12.8. The second-order valence-electron chi connectivity index (χ2n) is 6.40. The molecular formula is C22H26N2O4. The molecule has 28 heavy (non-hydrogen) atoms. The predicted molar refractivity (Wildman–Crippen MR) is 108 cm³/mol. The zero-order chi connectivity index (χ0) is 19.9. The van der Waals surface area contributed by atoms with Crippen molar-refractivity contribution in [2.75, 3.05) is 20.8 Å². The third kappa shape index (κ3) is 4.46. The first-order valence-corrected chi connectivity index (χ1v) is 9.29. The Morgan fingerprint density at radius 1 is 0.929 bits per heavy atom. The quantitative estimate of drug-likeness (QED) is 0.568. The van der Waals surface area contributed by atoms with Gasteiger partial charge in [0.15, 0.2) is 11.5 Å². The van der Waals surface area contributed by atoms with Crippen LogP contribution in [-0.4, -0.2) is 30.0 Å². The van der Waals surface area contributed by atoms with E-state index in [1.807, 2.05) is 61.7 Å². The number of rotatable bonds is 9. The molecule has 6 heteroatoms. The van der Waals surface area contributed by atoms with Crippen LogP contribution in [0.25, 0.3) is 0 Å². The summed E-state index contributed by atoms with van der Waals surface area (Å²) in [6.07, 6.45) is 3.35. The van der Waals surface area contributed by atoms with Crippen LogP contribution in [0.1, 0.15) is 24.2 Å². The lowest BCUT2D eigenvalue weighted by atomic mass is 10.1. The van der Waals surface area contributed by atoms with Crippen LogP contribution in [0.3, 0.4) is 0 Å². The number of methoxy groups -OCH3 is 2. The molecule has 0 fully saturated rings. The highest BCUT2D eigenvalue weighted by molar-refractivity contribution is 5.43. The number of imidazole rings is 1. The lowest BCUT2D eigenvalue weighted by Crippen LogP contribution is -2.27. The first-order chi connectivity index (χ1) is 13.7. The van der Waals surface area contributed by atoms with Crippen molar-refractivity contribution in [3.8, 4) is 11.5 Å². The van der Waals surface area contributed by atoms with Crippen molar-refractivity contribution in [1.82, 2.24) is 9.13 Å². The molecule has 6 nitrogen and oxygen atoms in total. The Balaban J connectivity index is 1.82. The lowest BCUT2D eigenvalue weighted by Gasteiger charge is -2.19.